The zero-order chi connectivity index (χ0) is 14.0. The molecule has 0 unspecified atom stereocenters. The molecule has 0 aromatic heterocycles. The van der Waals surface area contributed by atoms with Crippen LogP contribution in [-0.4, -0.2) is 48.3 Å². The molecule has 110 valence electrons. The molecule has 1 spiro atoms. The Bertz CT molecular complexity index is 460. The Morgan fingerprint density at radius 3 is 2.90 bits per heavy atom. The van der Waals surface area contributed by atoms with Gasteiger partial charge in [-0.05, 0) is 19.4 Å². The van der Waals surface area contributed by atoms with Gasteiger partial charge < -0.3 is 9.47 Å². The number of likely N-dealkylation sites (tertiary alicyclic amines) is 1. The lowest BCUT2D eigenvalue weighted by Gasteiger charge is -2.47. The number of ether oxygens (including phenoxy) is 2. The highest BCUT2D eigenvalue weighted by atomic mass is 32.2. The van der Waals surface area contributed by atoms with Crippen molar-refractivity contribution in [3.8, 4) is 5.75 Å². The summed E-state index contributed by atoms with van der Waals surface area (Å²) < 4.78 is 11.7. The number of hydrogen-bond acceptors (Lipinski definition) is 4. The van der Waals surface area contributed by atoms with E-state index in [1.807, 2.05) is 12.1 Å². The maximum Gasteiger partial charge on any atom is 0.123 e. The standard InChI is InChI=1S/C16H23NO2S/c1-3-19-14-8-16(20-10-14)11-17(12-16)9-13-6-4-5-7-15(13)18-2/h4-7,14H,3,8-12H2,1-2H3/t14-/m0/s1. The molecule has 0 aliphatic carbocycles. The smallest absolute Gasteiger partial charge is 0.123 e. The molecule has 2 heterocycles. The van der Waals surface area contributed by atoms with E-state index < -0.39 is 0 Å². The van der Waals surface area contributed by atoms with Gasteiger partial charge in [0.2, 0.25) is 0 Å². The number of nitrogens with zero attached hydrogens (tertiary/aromatic N) is 1. The molecule has 0 saturated carbocycles. The summed E-state index contributed by atoms with van der Waals surface area (Å²) in [5, 5.41) is 0. The number of methoxy groups -OCH3 is 1. The van der Waals surface area contributed by atoms with E-state index in [-0.39, 0.29) is 0 Å². The van der Waals surface area contributed by atoms with Gasteiger partial charge in [-0.25, -0.2) is 0 Å². The molecule has 0 radical (unpaired) electrons. The van der Waals surface area contributed by atoms with Crippen LogP contribution >= 0.6 is 11.8 Å². The van der Waals surface area contributed by atoms with E-state index in [2.05, 4.69) is 35.7 Å². The summed E-state index contributed by atoms with van der Waals surface area (Å²) in [6, 6.07) is 8.32. The van der Waals surface area contributed by atoms with Gasteiger partial charge in [0, 0.05) is 42.3 Å². The predicted molar refractivity (Wildman–Crippen MR) is 83.5 cm³/mol. The van der Waals surface area contributed by atoms with Gasteiger partial charge in [-0.2, -0.15) is 0 Å². The van der Waals surface area contributed by atoms with E-state index in [1.54, 1.807) is 7.11 Å². The Hall–Kier alpha value is -0.710. The third-order valence-corrected chi connectivity index (χ3v) is 5.76. The first-order chi connectivity index (χ1) is 9.74. The molecule has 0 N–H and O–H groups in total. The number of benzene rings is 1. The summed E-state index contributed by atoms with van der Waals surface area (Å²) in [7, 11) is 1.75. The van der Waals surface area contributed by atoms with Gasteiger partial charge in [0.15, 0.2) is 0 Å². The van der Waals surface area contributed by atoms with Crippen molar-refractivity contribution in [2.24, 2.45) is 0 Å². The molecular formula is C16H23NO2S. The first-order valence-electron chi connectivity index (χ1n) is 7.34. The molecule has 1 aromatic carbocycles. The van der Waals surface area contributed by atoms with Crippen LogP contribution in [0.3, 0.4) is 0 Å². The van der Waals surface area contributed by atoms with Gasteiger partial charge >= 0.3 is 0 Å². The Morgan fingerprint density at radius 2 is 2.15 bits per heavy atom. The molecule has 2 saturated heterocycles. The van der Waals surface area contributed by atoms with Crippen LogP contribution in [0.4, 0.5) is 0 Å². The van der Waals surface area contributed by atoms with Crippen molar-refractivity contribution >= 4 is 11.8 Å². The Kier molecular flexibility index (Phi) is 4.24. The molecule has 0 amide bonds. The number of thioether (sulfide) groups is 1. The molecule has 3 nitrogen and oxygen atoms in total. The zero-order valence-corrected chi connectivity index (χ0v) is 13.1. The quantitative estimate of drug-likeness (QED) is 0.832. The summed E-state index contributed by atoms with van der Waals surface area (Å²) >= 11 is 2.11. The summed E-state index contributed by atoms with van der Waals surface area (Å²) in [4.78, 5) is 2.51. The van der Waals surface area contributed by atoms with Crippen molar-refractivity contribution < 1.29 is 9.47 Å². The average Bonchev–Trinajstić information content (AvgIpc) is 2.83. The fourth-order valence-electron chi connectivity index (χ4n) is 3.32. The molecule has 1 atom stereocenters. The van der Waals surface area contributed by atoms with Gasteiger partial charge in [0.1, 0.15) is 5.75 Å². The van der Waals surface area contributed by atoms with Crippen LogP contribution in [0.5, 0.6) is 5.75 Å². The Balaban J connectivity index is 1.54. The molecule has 2 aliphatic heterocycles. The minimum Gasteiger partial charge on any atom is -0.496 e. The second-order valence-corrected chi connectivity index (χ2v) is 7.22. The zero-order valence-electron chi connectivity index (χ0n) is 12.3. The number of hydrogen-bond donors (Lipinski definition) is 0. The summed E-state index contributed by atoms with van der Waals surface area (Å²) in [6.45, 7) is 6.28. The predicted octanol–water partition coefficient (Wildman–Crippen LogP) is 2.79. The molecule has 2 fully saturated rings. The monoisotopic (exact) mass is 293 g/mol. The maximum absolute atomic E-state index is 5.76. The summed E-state index contributed by atoms with van der Waals surface area (Å²) in [5.41, 5.74) is 1.29. The number of rotatable bonds is 5. The second kappa shape index (κ2) is 5.96. The highest BCUT2D eigenvalue weighted by Gasteiger charge is 2.49. The van der Waals surface area contributed by atoms with Crippen LogP contribution in [-0.2, 0) is 11.3 Å². The van der Waals surface area contributed by atoms with Crippen LogP contribution in [0.25, 0.3) is 0 Å². The number of para-hydroxylation sites is 1. The first-order valence-corrected chi connectivity index (χ1v) is 8.33. The minimum absolute atomic E-state index is 0.460. The van der Waals surface area contributed by atoms with Crippen LogP contribution in [0.2, 0.25) is 0 Å². The third-order valence-electron chi connectivity index (χ3n) is 4.19. The largest absolute Gasteiger partial charge is 0.496 e. The summed E-state index contributed by atoms with van der Waals surface area (Å²) in [5.74, 6) is 2.16. The second-order valence-electron chi connectivity index (χ2n) is 5.73. The van der Waals surface area contributed by atoms with Crippen molar-refractivity contribution in [3.63, 3.8) is 0 Å². The van der Waals surface area contributed by atoms with Crippen molar-refractivity contribution in [1.82, 2.24) is 4.90 Å². The molecule has 0 bridgehead atoms. The molecule has 2 aliphatic rings. The third kappa shape index (κ3) is 2.83. The van der Waals surface area contributed by atoms with Gasteiger partial charge in [0.25, 0.3) is 0 Å². The average molecular weight is 293 g/mol. The topological polar surface area (TPSA) is 21.7 Å². The van der Waals surface area contributed by atoms with Crippen LogP contribution in [0.15, 0.2) is 24.3 Å². The molecule has 20 heavy (non-hydrogen) atoms. The van der Waals surface area contributed by atoms with Crippen molar-refractivity contribution in [2.75, 3.05) is 32.6 Å². The van der Waals surface area contributed by atoms with Crippen LogP contribution in [0.1, 0.15) is 18.9 Å². The van der Waals surface area contributed by atoms with E-state index in [1.165, 1.54) is 25.1 Å². The lowest BCUT2D eigenvalue weighted by molar-refractivity contribution is 0.0415. The Morgan fingerprint density at radius 1 is 1.35 bits per heavy atom. The first kappa shape index (κ1) is 14.2. The van der Waals surface area contributed by atoms with Gasteiger partial charge in [-0.15, -0.1) is 11.8 Å². The fraction of sp³-hybridized carbons (Fsp3) is 0.625. The summed E-state index contributed by atoms with van der Waals surface area (Å²) in [6.07, 6.45) is 1.69. The lowest BCUT2D eigenvalue weighted by Crippen LogP contribution is -2.58. The van der Waals surface area contributed by atoms with E-state index in [9.17, 15) is 0 Å². The molecule has 4 heteroatoms. The van der Waals surface area contributed by atoms with Gasteiger partial charge in [0.05, 0.1) is 13.2 Å². The molecule has 3 rings (SSSR count). The molecular weight excluding hydrogens is 270 g/mol. The Labute approximate surface area is 125 Å². The van der Waals surface area contributed by atoms with E-state index in [0.717, 1.165) is 24.7 Å². The van der Waals surface area contributed by atoms with E-state index in [0.29, 0.717) is 10.9 Å². The normalized spacial score (nSPS) is 24.8. The van der Waals surface area contributed by atoms with Gasteiger partial charge in [-0.3, -0.25) is 4.90 Å². The lowest BCUT2D eigenvalue weighted by atomic mass is 9.92. The highest BCUT2D eigenvalue weighted by molar-refractivity contribution is 8.01. The van der Waals surface area contributed by atoms with Crippen LogP contribution < -0.4 is 4.74 Å². The van der Waals surface area contributed by atoms with Crippen molar-refractivity contribution in [3.05, 3.63) is 29.8 Å². The van der Waals surface area contributed by atoms with Gasteiger partial charge in [-0.1, -0.05) is 18.2 Å². The minimum atomic E-state index is 0.460. The fourth-order valence-corrected chi connectivity index (χ4v) is 4.93. The SMILES string of the molecule is CCO[C@@H]1CSC2(C1)CN(Cc1ccccc1OC)C2. The highest BCUT2D eigenvalue weighted by Crippen LogP contribution is 2.46. The van der Waals surface area contributed by atoms with Crippen LogP contribution in [0, 0.1) is 0 Å². The van der Waals surface area contributed by atoms with Crippen molar-refractivity contribution in [2.45, 2.75) is 30.7 Å². The van der Waals surface area contributed by atoms with E-state index in [4.69, 9.17) is 9.47 Å². The van der Waals surface area contributed by atoms with Crippen molar-refractivity contribution in [1.29, 1.82) is 0 Å². The molecule has 1 aromatic rings. The maximum atomic E-state index is 5.76. The van der Waals surface area contributed by atoms with E-state index >= 15 is 0 Å².